The normalized spacial score (nSPS) is 19.7. The SMILES string of the molecule is C=CCN(CC=C)C(=O)CN1CCC[C@@H](C(N)=O)C1. The van der Waals surface area contributed by atoms with Gasteiger partial charge in [-0.1, -0.05) is 12.2 Å². The van der Waals surface area contributed by atoms with Crippen molar-refractivity contribution >= 4 is 11.8 Å². The van der Waals surface area contributed by atoms with Gasteiger partial charge in [-0.3, -0.25) is 14.5 Å². The number of piperidine rings is 1. The van der Waals surface area contributed by atoms with Crippen LogP contribution < -0.4 is 5.73 Å². The number of rotatable bonds is 7. The Hall–Kier alpha value is -1.62. The molecule has 1 atom stereocenters. The van der Waals surface area contributed by atoms with E-state index in [0.29, 0.717) is 26.2 Å². The van der Waals surface area contributed by atoms with Crippen molar-refractivity contribution < 1.29 is 9.59 Å². The molecule has 0 spiro atoms. The molecule has 1 aliphatic heterocycles. The van der Waals surface area contributed by atoms with Gasteiger partial charge in [-0.05, 0) is 19.4 Å². The van der Waals surface area contributed by atoms with E-state index in [1.807, 2.05) is 4.90 Å². The van der Waals surface area contributed by atoms with Gasteiger partial charge in [0.25, 0.3) is 0 Å². The van der Waals surface area contributed by atoms with Gasteiger partial charge in [0, 0.05) is 19.6 Å². The van der Waals surface area contributed by atoms with E-state index in [2.05, 4.69) is 13.2 Å². The highest BCUT2D eigenvalue weighted by Gasteiger charge is 2.26. The van der Waals surface area contributed by atoms with Crippen LogP contribution >= 0.6 is 0 Å². The molecule has 0 unspecified atom stereocenters. The smallest absolute Gasteiger partial charge is 0.237 e. The first-order valence-corrected chi connectivity index (χ1v) is 6.59. The maximum Gasteiger partial charge on any atom is 0.237 e. The lowest BCUT2D eigenvalue weighted by Crippen LogP contribution is -2.46. The maximum absolute atomic E-state index is 12.1. The summed E-state index contributed by atoms with van der Waals surface area (Å²) in [7, 11) is 0. The van der Waals surface area contributed by atoms with Crippen molar-refractivity contribution in [2.45, 2.75) is 12.8 Å². The maximum atomic E-state index is 12.1. The van der Waals surface area contributed by atoms with Gasteiger partial charge >= 0.3 is 0 Å². The molecule has 5 nitrogen and oxygen atoms in total. The van der Waals surface area contributed by atoms with Gasteiger partial charge in [-0.2, -0.15) is 0 Å². The zero-order valence-electron chi connectivity index (χ0n) is 11.4. The van der Waals surface area contributed by atoms with Crippen LogP contribution in [0.3, 0.4) is 0 Å². The standard InChI is InChI=1S/C14H23N3O2/c1-3-7-17(8-4-2)13(18)11-16-9-5-6-12(10-16)14(15)19/h3-4,12H,1-2,5-11H2,(H2,15,19)/t12-/m1/s1. The van der Waals surface area contributed by atoms with E-state index in [1.54, 1.807) is 17.1 Å². The molecule has 1 aliphatic rings. The number of primary amides is 1. The Kier molecular flexibility index (Phi) is 6.29. The lowest BCUT2D eigenvalue weighted by atomic mass is 9.97. The van der Waals surface area contributed by atoms with Gasteiger partial charge in [0.05, 0.1) is 12.5 Å². The van der Waals surface area contributed by atoms with E-state index in [1.165, 1.54) is 0 Å². The van der Waals surface area contributed by atoms with Gasteiger partial charge in [0.1, 0.15) is 0 Å². The minimum Gasteiger partial charge on any atom is -0.369 e. The molecule has 2 amide bonds. The van der Waals surface area contributed by atoms with Crippen LogP contribution in [0.25, 0.3) is 0 Å². The Balaban J connectivity index is 2.52. The van der Waals surface area contributed by atoms with E-state index >= 15 is 0 Å². The van der Waals surface area contributed by atoms with Gasteiger partial charge < -0.3 is 10.6 Å². The Bertz CT molecular complexity index is 345. The van der Waals surface area contributed by atoms with Gasteiger partial charge in [0.2, 0.25) is 11.8 Å². The number of hydrogen-bond donors (Lipinski definition) is 1. The lowest BCUT2D eigenvalue weighted by molar-refractivity contribution is -0.133. The lowest BCUT2D eigenvalue weighted by Gasteiger charge is -2.32. The first-order chi connectivity index (χ1) is 9.08. The zero-order valence-corrected chi connectivity index (χ0v) is 11.4. The van der Waals surface area contributed by atoms with Crippen LogP contribution in [-0.4, -0.2) is 54.3 Å². The summed E-state index contributed by atoms with van der Waals surface area (Å²) < 4.78 is 0. The summed E-state index contributed by atoms with van der Waals surface area (Å²) in [6.45, 7) is 10.1. The fraction of sp³-hybridized carbons (Fsp3) is 0.571. The van der Waals surface area contributed by atoms with Crippen molar-refractivity contribution in [1.29, 1.82) is 0 Å². The number of amides is 2. The van der Waals surface area contributed by atoms with Crippen LogP contribution in [0.2, 0.25) is 0 Å². The van der Waals surface area contributed by atoms with Crippen molar-refractivity contribution in [1.82, 2.24) is 9.80 Å². The van der Waals surface area contributed by atoms with Crippen LogP contribution in [0.1, 0.15) is 12.8 Å². The topological polar surface area (TPSA) is 66.6 Å². The second-order valence-corrected chi connectivity index (χ2v) is 4.85. The molecule has 1 heterocycles. The minimum atomic E-state index is -0.272. The Morgan fingerprint density at radius 1 is 1.32 bits per heavy atom. The molecule has 5 heteroatoms. The number of hydrogen-bond acceptors (Lipinski definition) is 3. The van der Waals surface area contributed by atoms with Crippen molar-refractivity contribution in [3.8, 4) is 0 Å². The summed E-state index contributed by atoms with van der Waals surface area (Å²) in [4.78, 5) is 27.0. The molecule has 0 saturated carbocycles. The molecular formula is C14H23N3O2. The summed E-state index contributed by atoms with van der Waals surface area (Å²) in [5.41, 5.74) is 5.33. The fourth-order valence-corrected chi connectivity index (χ4v) is 2.31. The number of carbonyl (C=O) groups is 2. The summed E-state index contributed by atoms with van der Waals surface area (Å²) in [6, 6.07) is 0. The molecule has 0 aromatic carbocycles. The Morgan fingerprint density at radius 3 is 2.47 bits per heavy atom. The monoisotopic (exact) mass is 265 g/mol. The van der Waals surface area contributed by atoms with E-state index in [4.69, 9.17) is 5.73 Å². The van der Waals surface area contributed by atoms with Crippen LogP contribution in [-0.2, 0) is 9.59 Å². The molecule has 0 bridgehead atoms. The van der Waals surface area contributed by atoms with E-state index in [9.17, 15) is 9.59 Å². The molecule has 0 aromatic heterocycles. The molecule has 1 fully saturated rings. The summed E-state index contributed by atoms with van der Waals surface area (Å²) in [5, 5.41) is 0. The van der Waals surface area contributed by atoms with Crippen LogP contribution in [0.5, 0.6) is 0 Å². The Labute approximate surface area is 114 Å². The average molecular weight is 265 g/mol. The predicted molar refractivity (Wildman–Crippen MR) is 75.3 cm³/mol. The van der Waals surface area contributed by atoms with Crippen molar-refractivity contribution in [3.05, 3.63) is 25.3 Å². The molecule has 0 radical (unpaired) electrons. The highest BCUT2D eigenvalue weighted by molar-refractivity contribution is 5.79. The molecule has 2 N–H and O–H groups in total. The Morgan fingerprint density at radius 2 is 1.95 bits per heavy atom. The second-order valence-electron chi connectivity index (χ2n) is 4.85. The van der Waals surface area contributed by atoms with Crippen molar-refractivity contribution in [2.75, 3.05) is 32.7 Å². The molecule has 106 valence electrons. The number of nitrogens with zero attached hydrogens (tertiary/aromatic N) is 2. The third kappa shape index (κ3) is 4.87. The summed E-state index contributed by atoms with van der Waals surface area (Å²) >= 11 is 0. The van der Waals surface area contributed by atoms with Crippen LogP contribution in [0, 0.1) is 5.92 Å². The first kappa shape index (κ1) is 15.4. The van der Waals surface area contributed by atoms with Crippen molar-refractivity contribution in [2.24, 2.45) is 11.7 Å². The van der Waals surface area contributed by atoms with Crippen molar-refractivity contribution in [3.63, 3.8) is 0 Å². The zero-order chi connectivity index (χ0) is 14.3. The van der Waals surface area contributed by atoms with Gasteiger partial charge in [-0.25, -0.2) is 0 Å². The van der Waals surface area contributed by atoms with E-state index in [0.717, 1.165) is 19.4 Å². The summed E-state index contributed by atoms with van der Waals surface area (Å²) in [6.07, 6.45) is 5.13. The largest absolute Gasteiger partial charge is 0.369 e. The molecule has 19 heavy (non-hydrogen) atoms. The average Bonchev–Trinajstić information content (AvgIpc) is 2.38. The van der Waals surface area contributed by atoms with Crippen LogP contribution in [0.15, 0.2) is 25.3 Å². The third-order valence-corrected chi connectivity index (χ3v) is 3.32. The minimum absolute atomic E-state index is 0.0323. The quantitative estimate of drug-likeness (QED) is 0.677. The fourth-order valence-electron chi connectivity index (χ4n) is 2.31. The number of carbonyl (C=O) groups excluding carboxylic acids is 2. The van der Waals surface area contributed by atoms with Gasteiger partial charge in [0.15, 0.2) is 0 Å². The van der Waals surface area contributed by atoms with E-state index < -0.39 is 0 Å². The van der Waals surface area contributed by atoms with Gasteiger partial charge in [-0.15, -0.1) is 13.2 Å². The number of likely N-dealkylation sites (tertiary alicyclic amines) is 1. The molecule has 1 rings (SSSR count). The highest BCUT2D eigenvalue weighted by atomic mass is 16.2. The first-order valence-electron chi connectivity index (χ1n) is 6.59. The predicted octanol–water partition coefficient (Wildman–Crippen LogP) is 0.384. The number of nitrogens with two attached hydrogens (primary N) is 1. The molecule has 1 saturated heterocycles. The van der Waals surface area contributed by atoms with Crippen LogP contribution in [0.4, 0.5) is 0 Å². The van der Waals surface area contributed by atoms with E-state index in [-0.39, 0.29) is 17.7 Å². The second kappa shape index (κ2) is 7.74. The molecule has 0 aromatic rings. The highest BCUT2D eigenvalue weighted by Crippen LogP contribution is 2.15. The summed E-state index contributed by atoms with van der Waals surface area (Å²) in [5.74, 6) is -0.370. The molecular weight excluding hydrogens is 242 g/mol. The third-order valence-electron chi connectivity index (χ3n) is 3.32. The molecule has 0 aliphatic carbocycles.